The van der Waals surface area contributed by atoms with Crippen molar-refractivity contribution < 1.29 is 0 Å². The Morgan fingerprint density at radius 3 is 0.887 bits per heavy atom. The maximum absolute atomic E-state index is 10.6. The number of nitrogens with zero attached hydrogens (tertiary/aromatic N) is 8. The Balaban J connectivity index is 1.15. The molecule has 0 N–H and O–H groups in total. The van der Waals surface area contributed by atoms with Crippen LogP contribution < -0.4 is 0 Å². The topological polar surface area (TPSA) is 125 Å². The average molecular weight is 793 g/mol. The van der Waals surface area contributed by atoms with Crippen molar-refractivity contribution in [3.05, 3.63) is 205 Å². The van der Waals surface area contributed by atoms with Crippen LogP contribution in [0.2, 0.25) is 0 Å². The molecule has 0 fully saturated rings. The molecule has 0 saturated carbocycles. The highest BCUT2D eigenvalue weighted by molar-refractivity contribution is 6.08. The van der Waals surface area contributed by atoms with E-state index in [1.807, 2.05) is 194 Å². The normalized spacial score (nSPS) is 10.9. The number of nitriles is 2. The Bertz CT molecular complexity index is 3020. The van der Waals surface area contributed by atoms with Gasteiger partial charge in [-0.1, -0.05) is 158 Å². The largest absolute Gasteiger partial charge is 0.208 e. The second-order valence-electron chi connectivity index (χ2n) is 14.5. The number of benzene rings is 8. The van der Waals surface area contributed by atoms with Gasteiger partial charge in [0.2, 0.25) is 0 Å². The third-order valence-corrected chi connectivity index (χ3v) is 10.7. The van der Waals surface area contributed by atoms with Gasteiger partial charge in [0.25, 0.3) is 0 Å². The van der Waals surface area contributed by atoms with E-state index >= 15 is 0 Å². The first-order chi connectivity index (χ1) is 30.6. The van der Waals surface area contributed by atoms with E-state index in [-0.39, 0.29) is 0 Å². The smallest absolute Gasteiger partial charge is 0.164 e. The van der Waals surface area contributed by atoms with Crippen molar-refractivity contribution in [1.82, 2.24) is 29.9 Å². The van der Waals surface area contributed by atoms with Crippen molar-refractivity contribution in [2.75, 3.05) is 0 Å². The van der Waals surface area contributed by atoms with Gasteiger partial charge in [0.1, 0.15) is 0 Å². The van der Waals surface area contributed by atoms with E-state index in [4.69, 9.17) is 29.9 Å². The van der Waals surface area contributed by atoms with Crippen molar-refractivity contribution >= 4 is 10.8 Å². The lowest BCUT2D eigenvalue weighted by Crippen LogP contribution is -2.01. The van der Waals surface area contributed by atoms with Crippen LogP contribution in [0.1, 0.15) is 11.1 Å². The SMILES string of the molecule is N#Cc1ccc(-c2nc(-c3ccccc3)nc(-c3ccccc3)n2)cc1-c1cccc2cccc(-c3cc(-c4nc(-c5ccccc5)nc(-c5ccccc5)n4)ccc3C#N)c12. The van der Waals surface area contributed by atoms with E-state index in [0.29, 0.717) is 57.2 Å². The molecule has 0 aliphatic carbocycles. The van der Waals surface area contributed by atoms with Crippen molar-refractivity contribution in [3.63, 3.8) is 0 Å². The molecule has 0 radical (unpaired) electrons. The van der Waals surface area contributed by atoms with Gasteiger partial charge in [0.15, 0.2) is 34.9 Å². The molecule has 62 heavy (non-hydrogen) atoms. The molecule has 10 rings (SSSR count). The number of fused-ring (bicyclic) bond motifs is 1. The molecule has 0 amide bonds. The molecule has 10 aromatic rings. The quantitative estimate of drug-likeness (QED) is 0.149. The summed E-state index contributed by atoms with van der Waals surface area (Å²) in [7, 11) is 0. The van der Waals surface area contributed by atoms with Gasteiger partial charge in [-0.25, -0.2) is 29.9 Å². The Kier molecular flexibility index (Phi) is 9.83. The maximum atomic E-state index is 10.6. The van der Waals surface area contributed by atoms with E-state index in [9.17, 15) is 10.5 Å². The van der Waals surface area contributed by atoms with Gasteiger partial charge in [0, 0.05) is 44.5 Å². The Morgan fingerprint density at radius 1 is 0.274 bits per heavy atom. The lowest BCUT2D eigenvalue weighted by molar-refractivity contribution is 1.07. The molecule has 0 bridgehead atoms. The third-order valence-electron chi connectivity index (χ3n) is 10.7. The predicted molar refractivity (Wildman–Crippen MR) is 244 cm³/mol. The summed E-state index contributed by atoms with van der Waals surface area (Å²) in [5.41, 5.74) is 8.93. The lowest BCUT2D eigenvalue weighted by Gasteiger charge is -2.16. The Morgan fingerprint density at radius 2 is 0.581 bits per heavy atom. The minimum Gasteiger partial charge on any atom is -0.208 e. The molecule has 0 aliphatic heterocycles. The van der Waals surface area contributed by atoms with Crippen molar-refractivity contribution in [2.45, 2.75) is 0 Å². The predicted octanol–water partition coefficient (Wildman–Crippen LogP) is 12.3. The number of aromatic nitrogens is 6. The van der Waals surface area contributed by atoms with Crippen molar-refractivity contribution in [1.29, 1.82) is 10.5 Å². The standard InChI is InChI=1S/C54H32N8/c55-33-42-29-27-40(53-59-49(36-15-5-1-6-16-36)57-50(60-53)37-17-7-2-8-18-37)31-46(42)44-25-13-23-35-24-14-26-45(48(35)44)47-32-41(28-30-43(47)34-56)54-61-51(38-19-9-3-10-20-38)58-52(62-54)39-21-11-4-12-22-39/h1-32H. The fraction of sp³-hybridized carbons (Fsp3) is 0. The van der Waals surface area contributed by atoms with E-state index in [0.717, 1.165) is 55.3 Å². The van der Waals surface area contributed by atoms with Crippen LogP contribution in [0.15, 0.2) is 194 Å². The first kappa shape index (κ1) is 37.3. The minimum atomic E-state index is 0.477. The monoisotopic (exact) mass is 792 g/mol. The van der Waals surface area contributed by atoms with Crippen LogP contribution in [0.5, 0.6) is 0 Å². The van der Waals surface area contributed by atoms with Gasteiger partial charge >= 0.3 is 0 Å². The highest BCUT2D eigenvalue weighted by atomic mass is 15.0. The molecule has 0 atom stereocenters. The lowest BCUT2D eigenvalue weighted by atomic mass is 9.87. The van der Waals surface area contributed by atoms with Gasteiger partial charge in [-0.15, -0.1) is 0 Å². The second kappa shape index (κ2) is 16.3. The zero-order valence-electron chi connectivity index (χ0n) is 33.1. The molecular formula is C54H32N8. The summed E-state index contributed by atoms with van der Waals surface area (Å²) in [6.45, 7) is 0. The van der Waals surface area contributed by atoms with Crippen LogP contribution >= 0.6 is 0 Å². The fourth-order valence-electron chi connectivity index (χ4n) is 7.67. The first-order valence-corrected chi connectivity index (χ1v) is 20.0. The molecule has 0 spiro atoms. The zero-order chi connectivity index (χ0) is 41.8. The Hall–Kier alpha value is -8.98. The van der Waals surface area contributed by atoms with Gasteiger partial charge < -0.3 is 0 Å². The summed E-state index contributed by atoms with van der Waals surface area (Å²) in [6, 6.07) is 67.6. The first-order valence-electron chi connectivity index (χ1n) is 20.0. The van der Waals surface area contributed by atoms with Gasteiger partial charge in [0.05, 0.1) is 23.3 Å². The van der Waals surface area contributed by atoms with E-state index < -0.39 is 0 Å². The van der Waals surface area contributed by atoms with Gasteiger partial charge in [-0.05, 0) is 58.3 Å². The molecule has 8 nitrogen and oxygen atoms in total. The average Bonchev–Trinajstić information content (AvgIpc) is 3.36. The van der Waals surface area contributed by atoms with E-state index in [2.05, 4.69) is 12.1 Å². The molecule has 2 aromatic heterocycles. The van der Waals surface area contributed by atoms with Crippen LogP contribution in [0, 0.1) is 22.7 Å². The minimum absolute atomic E-state index is 0.477. The van der Waals surface area contributed by atoms with Crippen LogP contribution in [0.3, 0.4) is 0 Å². The molecular weight excluding hydrogens is 761 g/mol. The molecule has 0 aliphatic rings. The summed E-state index contributed by atoms with van der Waals surface area (Å²) in [5.74, 6) is 3.13. The summed E-state index contributed by atoms with van der Waals surface area (Å²) < 4.78 is 0. The number of hydrogen-bond donors (Lipinski definition) is 0. The molecule has 8 aromatic carbocycles. The summed E-state index contributed by atoms with van der Waals surface area (Å²) in [5, 5.41) is 23.0. The Labute approximate surface area is 357 Å². The van der Waals surface area contributed by atoms with Crippen molar-refractivity contribution in [3.8, 4) is 103 Å². The zero-order valence-corrected chi connectivity index (χ0v) is 33.1. The van der Waals surface area contributed by atoms with Crippen LogP contribution in [0.25, 0.3) is 101 Å². The van der Waals surface area contributed by atoms with E-state index in [1.54, 1.807) is 0 Å². The van der Waals surface area contributed by atoms with Crippen LogP contribution in [0.4, 0.5) is 0 Å². The fourth-order valence-corrected chi connectivity index (χ4v) is 7.67. The highest BCUT2D eigenvalue weighted by Gasteiger charge is 2.20. The molecule has 0 saturated heterocycles. The molecule has 8 heteroatoms. The van der Waals surface area contributed by atoms with Crippen molar-refractivity contribution in [2.24, 2.45) is 0 Å². The highest BCUT2D eigenvalue weighted by Crippen LogP contribution is 2.41. The molecule has 288 valence electrons. The second-order valence-corrected chi connectivity index (χ2v) is 14.5. The van der Waals surface area contributed by atoms with Crippen LogP contribution in [-0.4, -0.2) is 29.9 Å². The number of rotatable bonds is 8. The molecule has 0 unspecified atom stereocenters. The summed E-state index contributed by atoms with van der Waals surface area (Å²) >= 11 is 0. The number of hydrogen-bond acceptors (Lipinski definition) is 8. The van der Waals surface area contributed by atoms with E-state index in [1.165, 1.54) is 0 Å². The summed E-state index contributed by atoms with van der Waals surface area (Å²) in [4.78, 5) is 29.6. The maximum Gasteiger partial charge on any atom is 0.164 e. The van der Waals surface area contributed by atoms with Crippen LogP contribution in [-0.2, 0) is 0 Å². The van der Waals surface area contributed by atoms with Gasteiger partial charge in [-0.2, -0.15) is 10.5 Å². The van der Waals surface area contributed by atoms with Gasteiger partial charge in [-0.3, -0.25) is 0 Å². The summed E-state index contributed by atoms with van der Waals surface area (Å²) in [6.07, 6.45) is 0. The third kappa shape index (κ3) is 7.21. The molecule has 2 heterocycles.